The van der Waals surface area contributed by atoms with Gasteiger partial charge in [0.25, 0.3) is 0 Å². The standard InChI is InChI=1S/C12H17NS/c1-12(2)9-13(10-14-12)8-11-6-4-3-5-7-11/h3-7H,8-10H2,1-2H3. The molecule has 1 nitrogen and oxygen atoms in total. The van der Waals surface area contributed by atoms with E-state index in [1.807, 2.05) is 0 Å². The zero-order valence-corrected chi connectivity index (χ0v) is 9.68. The molecule has 1 aliphatic heterocycles. The van der Waals surface area contributed by atoms with Crippen LogP contribution in [0.1, 0.15) is 19.4 Å². The van der Waals surface area contributed by atoms with Gasteiger partial charge in [-0.3, -0.25) is 4.90 Å². The summed E-state index contributed by atoms with van der Waals surface area (Å²) in [5.74, 6) is 1.17. The average Bonchev–Trinajstić information content (AvgIpc) is 2.47. The number of nitrogens with zero attached hydrogens (tertiary/aromatic N) is 1. The van der Waals surface area contributed by atoms with Crippen molar-refractivity contribution in [1.82, 2.24) is 4.90 Å². The second-order valence-electron chi connectivity index (χ2n) is 4.51. The molecule has 2 rings (SSSR count). The zero-order valence-electron chi connectivity index (χ0n) is 8.86. The predicted octanol–water partition coefficient (Wildman–Crippen LogP) is 2.97. The largest absolute Gasteiger partial charge is 0.289 e. The second kappa shape index (κ2) is 3.95. The van der Waals surface area contributed by atoms with Gasteiger partial charge in [-0.05, 0) is 19.4 Å². The van der Waals surface area contributed by atoms with Gasteiger partial charge in [-0.25, -0.2) is 0 Å². The lowest BCUT2D eigenvalue weighted by molar-refractivity contribution is 0.314. The molecule has 76 valence electrons. The van der Waals surface area contributed by atoms with E-state index < -0.39 is 0 Å². The van der Waals surface area contributed by atoms with Crippen LogP contribution in [0.3, 0.4) is 0 Å². The Hall–Kier alpha value is -0.470. The third-order valence-electron chi connectivity index (χ3n) is 2.49. The monoisotopic (exact) mass is 207 g/mol. The van der Waals surface area contributed by atoms with Gasteiger partial charge in [-0.15, -0.1) is 11.8 Å². The Bertz CT molecular complexity index is 294. The predicted molar refractivity (Wildman–Crippen MR) is 63.4 cm³/mol. The van der Waals surface area contributed by atoms with E-state index in [4.69, 9.17) is 0 Å². The molecular formula is C12H17NS. The first-order valence-electron chi connectivity index (χ1n) is 5.06. The number of hydrogen-bond donors (Lipinski definition) is 0. The first kappa shape index (κ1) is 10.1. The number of hydrogen-bond acceptors (Lipinski definition) is 2. The quantitative estimate of drug-likeness (QED) is 0.733. The first-order chi connectivity index (χ1) is 6.66. The molecule has 0 saturated carbocycles. The van der Waals surface area contributed by atoms with Crippen LogP contribution in [0, 0.1) is 0 Å². The maximum Gasteiger partial charge on any atom is 0.0454 e. The van der Waals surface area contributed by atoms with E-state index in [0.717, 1.165) is 6.54 Å². The highest BCUT2D eigenvalue weighted by Crippen LogP contribution is 2.33. The number of thioether (sulfide) groups is 1. The van der Waals surface area contributed by atoms with Crippen molar-refractivity contribution in [3.63, 3.8) is 0 Å². The van der Waals surface area contributed by atoms with Crippen molar-refractivity contribution in [2.24, 2.45) is 0 Å². The molecule has 1 heterocycles. The summed E-state index contributed by atoms with van der Waals surface area (Å²) in [5.41, 5.74) is 1.42. The molecule has 0 aliphatic carbocycles. The minimum absolute atomic E-state index is 0.439. The minimum atomic E-state index is 0.439. The van der Waals surface area contributed by atoms with E-state index >= 15 is 0 Å². The number of rotatable bonds is 2. The molecule has 1 aliphatic rings. The van der Waals surface area contributed by atoms with Crippen LogP contribution >= 0.6 is 11.8 Å². The van der Waals surface area contributed by atoms with Crippen molar-refractivity contribution in [3.05, 3.63) is 35.9 Å². The Morgan fingerprint density at radius 1 is 1.29 bits per heavy atom. The summed E-state index contributed by atoms with van der Waals surface area (Å²) in [6, 6.07) is 10.7. The molecule has 0 N–H and O–H groups in total. The van der Waals surface area contributed by atoms with Crippen molar-refractivity contribution in [1.29, 1.82) is 0 Å². The van der Waals surface area contributed by atoms with Gasteiger partial charge in [0.2, 0.25) is 0 Å². The van der Waals surface area contributed by atoms with Gasteiger partial charge in [-0.1, -0.05) is 30.3 Å². The SMILES string of the molecule is CC1(C)CN(Cc2ccccc2)CS1. The molecule has 0 radical (unpaired) electrons. The van der Waals surface area contributed by atoms with Crippen molar-refractivity contribution in [3.8, 4) is 0 Å². The molecule has 0 atom stereocenters. The van der Waals surface area contributed by atoms with Crippen molar-refractivity contribution in [2.45, 2.75) is 25.1 Å². The molecule has 2 heteroatoms. The van der Waals surface area contributed by atoms with Crippen molar-refractivity contribution < 1.29 is 0 Å². The first-order valence-corrected chi connectivity index (χ1v) is 6.04. The maximum absolute atomic E-state index is 2.51. The highest BCUT2D eigenvalue weighted by Gasteiger charge is 2.29. The topological polar surface area (TPSA) is 3.24 Å². The molecule has 1 aromatic rings. The van der Waals surface area contributed by atoms with Crippen LogP contribution in [-0.2, 0) is 6.54 Å². The van der Waals surface area contributed by atoms with Crippen molar-refractivity contribution in [2.75, 3.05) is 12.4 Å². The molecule has 1 aromatic carbocycles. The summed E-state index contributed by atoms with van der Waals surface area (Å²) in [5, 5.41) is 0. The Morgan fingerprint density at radius 3 is 2.57 bits per heavy atom. The molecule has 0 spiro atoms. The number of benzene rings is 1. The van der Waals surface area contributed by atoms with Gasteiger partial charge in [0.05, 0.1) is 0 Å². The summed E-state index contributed by atoms with van der Waals surface area (Å²) in [6.45, 7) is 6.94. The van der Waals surface area contributed by atoms with Gasteiger partial charge < -0.3 is 0 Å². The Kier molecular flexibility index (Phi) is 2.84. The summed E-state index contributed by atoms with van der Waals surface area (Å²) < 4.78 is 0.439. The summed E-state index contributed by atoms with van der Waals surface area (Å²) >= 11 is 2.05. The zero-order chi connectivity index (χ0) is 10.0. The van der Waals surface area contributed by atoms with E-state index in [1.54, 1.807) is 0 Å². The van der Waals surface area contributed by atoms with Crippen molar-refractivity contribution >= 4 is 11.8 Å². The van der Waals surface area contributed by atoms with Crippen LogP contribution in [0.25, 0.3) is 0 Å². The van der Waals surface area contributed by atoms with Crippen LogP contribution < -0.4 is 0 Å². The minimum Gasteiger partial charge on any atom is -0.289 e. The fraction of sp³-hybridized carbons (Fsp3) is 0.500. The molecule has 14 heavy (non-hydrogen) atoms. The van der Waals surface area contributed by atoms with E-state index in [2.05, 4.69) is 60.8 Å². The Balaban J connectivity index is 1.94. The fourth-order valence-corrected chi connectivity index (χ4v) is 2.83. The molecule has 0 amide bonds. The van der Waals surface area contributed by atoms with Crippen LogP contribution in [0.4, 0.5) is 0 Å². The Labute approximate surface area is 90.5 Å². The van der Waals surface area contributed by atoms with E-state index in [1.165, 1.54) is 18.0 Å². The molecular weight excluding hydrogens is 190 g/mol. The third kappa shape index (κ3) is 2.52. The van der Waals surface area contributed by atoms with Gasteiger partial charge >= 0.3 is 0 Å². The van der Waals surface area contributed by atoms with Gasteiger partial charge in [0.1, 0.15) is 0 Å². The maximum atomic E-state index is 2.51. The summed E-state index contributed by atoms with van der Waals surface area (Å²) in [6.07, 6.45) is 0. The van der Waals surface area contributed by atoms with E-state index in [9.17, 15) is 0 Å². The van der Waals surface area contributed by atoms with E-state index in [0.29, 0.717) is 4.75 Å². The molecule has 0 aromatic heterocycles. The fourth-order valence-electron chi connectivity index (χ4n) is 1.84. The van der Waals surface area contributed by atoms with Gasteiger partial charge in [0.15, 0.2) is 0 Å². The molecule has 1 saturated heterocycles. The lowest BCUT2D eigenvalue weighted by Gasteiger charge is -2.18. The average molecular weight is 207 g/mol. The van der Waals surface area contributed by atoms with Gasteiger partial charge in [-0.2, -0.15) is 0 Å². The van der Waals surface area contributed by atoms with E-state index in [-0.39, 0.29) is 0 Å². The normalized spacial score (nSPS) is 21.3. The van der Waals surface area contributed by atoms with Crippen LogP contribution in [-0.4, -0.2) is 22.1 Å². The highest BCUT2D eigenvalue weighted by atomic mass is 32.2. The van der Waals surface area contributed by atoms with Crippen LogP contribution in [0.15, 0.2) is 30.3 Å². The smallest absolute Gasteiger partial charge is 0.0454 e. The third-order valence-corrected chi connectivity index (χ3v) is 3.90. The lowest BCUT2D eigenvalue weighted by atomic mass is 10.1. The Morgan fingerprint density at radius 2 is 2.00 bits per heavy atom. The van der Waals surface area contributed by atoms with Gasteiger partial charge in [0, 0.05) is 23.7 Å². The summed E-state index contributed by atoms with van der Waals surface area (Å²) in [7, 11) is 0. The molecule has 1 fully saturated rings. The molecule has 0 unspecified atom stereocenters. The van der Waals surface area contributed by atoms with Crippen LogP contribution in [0.5, 0.6) is 0 Å². The molecule has 0 bridgehead atoms. The van der Waals surface area contributed by atoms with Crippen LogP contribution in [0.2, 0.25) is 0 Å². The summed E-state index contributed by atoms with van der Waals surface area (Å²) in [4.78, 5) is 2.51. The lowest BCUT2D eigenvalue weighted by Crippen LogP contribution is -2.26. The highest BCUT2D eigenvalue weighted by molar-refractivity contribution is 8.00. The second-order valence-corrected chi connectivity index (χ2v) is 6.16.